The molecule has 0 spiro atoms. The molecule has 0 aliphatic rings. The van der Waals surface area contributed by atoms with Gasteiger partial charge in [-0.1, -0.05) is 12.1 Å². The minimum absolute atomic E-state index is 0.175. The summed E-state index contributed by atoms with van der Waals surface area (Å²) in [6.07, 6.45) is -2.66. The van der Waals surface area contributed by atoms with Crippen molar-refractivity contribution in [3.63, 3.8) is 0 Å². The zero-order valence-electron chi connectivity index (χ0n) is 11.3. The van der Waals surface area contributed by atoms with E-state index in [4.69, 9.17) is 5.73 Å². The summed E-state index contributed by atoms with van der Waals surface area (Å²) in [5.74, 6) is 0.633. The van der Waals surface area contributed by atoms with Gasteiger partial charge in [0.2, 0.25) is 0 Å². The Labute approximate surface area is 115 Å². The Balaban J connectivity index is 2.42. The van der Waals surface area contributed by atoms with Gasteiger partial charge in [0.1, 0.15) is 5.82 Å². The van der Waals surface area contributed by atoms with Gasteiger partial charge in [0.05, 0.1) is 17.5 Å². The standard InChI is InChI=1S/C14H16F3N3/c1-3-20-12(9(2)18)8-19-13(20)10-4-6-11(7-5-10)14(15,16)17/h4-9H,3,18H2,1-2H3. The van der Waals surface area contributed by atoms with Gasteiger partial charge < -0.3 is 10.3 Å². The van der Waals surface area contributed by atoms with Crippen LogP contribution >= 0.6 is 0 Å². The second kappa shape index (κ2) is 5.28. The molecule has 0 saturated carbocycles. The molecular weight excluding hydrogens is 267 g/mol. The predicted molar refractivity (Wildman–Crippen MR) is 70.9 cm³/mol. The SMILES string of the molecule is CCn1c(C(C)N)cnc1-c1ccc(C(F)(F)F)cc1. The molecule has 0 radical (unpaired) electrons. The van der Waals surface area contributed by atoms with Gasteiger partial charge in [-0.3, -0.25) is 0 Å². The highest BCUT2D eigenvalue weighted by atomic mass is 19.4. The second-order valence-corrected chi connectivity index (χ2v) is 4.61. The number of nitrogens with two attached hydrogens (primary N) is 1. The number of rotatable bonds is 3. The first-order chi connectivity index (χ1) is 9.34. The third-order valence-corrected chi connectivity index (χ3v) is 3.14. The molecule has 0 fully saturated rings. The molecule has 0 bridgehead atoms. The maximum atomic E-state index is 12.5. The first kappa shape index (κ1) is 14.6. The Bertz CT molecular complexity index is 583. The number of aromatic nitrogens is 2. The van der Waals surface area contributed by atoms with Crippen LogP contribution in [0, 0.1) is 0 Å². The summed E-state index contributed by atoms with van der Waals surface area (Å²) in [4.78, 5) is 4.27. The van der Waals surface area contributed by atoms with Crippen LogP contribution in [0.15, 0.2) is 30.5 Å². The molecule has 0 aliphatic heterocycles. The van der Waals surface area contributed by atoms with E-state index in [0.29, 0.717) is 17.9 Å². The van der Waals surface area contributed by atoms with E-state index < -0.39 is 11.7 Å². The molecule has 2 rings (SSSR count). The average molecular weight is 283 g/mol. The first-order valence-corrected chi connectivity index (χ1v) is 6.33. The molecule has 3 nitrogen and oxygen atoms in total. The molecule has 108 valence electrons. The number of halogens is 3. The van der Waals surface area contributed by atoms with Crippen molar-refractivity contribution in [2.24, 2.45) is 5.73 Å². The van der Waals surface area contributed by atoms with Gasteiger partial charge in [-0.15, -0.1) is 0 Å². The lowest BCUT2D eigenvalue weighted by atomic mass is 10.1. The Morgan fingerprint density at radius 2 is 1.85 bits per heavy atom. The second-order valence-electron chi connectivity index (χ2n) is 4.61. The Morgan fingerprint density at radius 1 is 1.25 bits per heavy atom. The maximum Gasteiger partial charge on any atom is 0.416 e. The zero-order valence-corrected chi connectivity index (χ0v) is 11.3. The lowest BCUT2D eigenvalue weighted by Crippen LogP contribution is -2.12. The molecule has 1 aromatic carbocycles. The topological polar surface area (TPSA) is 43.8 Å². The summed E-state index contributed by atoms with van der Waals surface area (Å²) < 4.78 is 39.5. The van der Waals surface area contributed by atoms with Gasteiger partial charge in [0.15, 0.2) is 0 Å². The molecule has 0 aliphatic carbocycles. The van der Waals surface area contributed by atoms with Crippen LogP contribution in [0.5, 0.6) is 0 Å². The van der Waals surface area contributed by atoms with Crippen LogP contribution in [0.3, 0.4) is 0 Å². The van der Waals surface area contributed by atoms with Crippen molar-refractivity contribution in [1.29, 1.82) is 0 Å². The molecule has 0 amide bonds. The fourth-order valence-corrected chi connectivity index (χ4v) is 2.12. The third-order valence-electron chi connectivity index (χ3n) is 3.14. The van der Waals surface area contributed by atoms with Gasteiger partial charge in [-0.25, -0.2) is 4.98 Å². The Morgan fingerprint density at radius 3 is 2.30 bits per heavy atom. The number of nitrogens with zero attached hydrogens (tertiary/aromatic N) is 2. The van der Waals surface area contributed by atoms with Crippen LogP contribution in [0.4, 0.5) is 13.2 Å². The predicted octanol–water partition coefficient (Wildman–Crippen LogP) is 3.61. The van der Waals surface area contributed by atoms with Crippen LogP contribution in [-0.2, 0) is 12.7 Å². The van der Waals surface area contributed by atoms with E-state index in [1.165, 1.54) is 12.1 Å². The lowest BCUT2D eigenvalue weighted by molar-refractivity contribution is -0.137. The smallest absolute Gasteiger partial charge is 0.327 e. The quantitative estimate of drug-likeness (QED) is 0.935. The monoisotopic (exact) mass is 283 g/mol. The molecule has 1 atom stereocenters. The van der Waals surface area contributed by atoms with E-state index in [-0.39, 0.29) is 6.04 Å². The van der Waals surface area contributed by atoms with Crippen molar-refractivity contribution in [2.75, 3.05) is 0 Å². The van der Waals surface area contributed by atoms with Crippen LogP contribution in [0.2, 0.25) is 0 Å². The van der Waals surface area contributed by atoms with Crippen LogP contribution < -0.4 is 5.73 Å². The number of hydrogen-bond acceptors (Lipinski definition) is 2. The summed E-state index contributed by atoms with van der Waals surface area (Å²) in [7, 11) is 0. The van der Waals surface area contributed by atoms with Crippen LogP contribution in [0.1, 0.15) is 31.1 Å². The van der Waals surface area contributed by atoms with E-state index >= 15 is 0 Å². The fraction of sp³-hybridized carbons (Fsp3) is 0.357. The fourth-order valence-electron chi connectivity index (χ4n) is 2.12. The van der Waals surface area contributed by atoms with E-state index in [1.807, 2.05) is 18.4 Å². The van der Waals surface area contributed by atoms with Crippen LogP contribution in [0.25, 0.3) is 11.4 Å². The number of benzene rings is 1. The lowest BCUT2D eigenvalue weighted by Gasteiger charge is -2.12. The van der Waals surface area contributed by atoms with Crippen LogP contribution in [-0.4, -0.2) is 9.55 Å². The van der Waals surface area contributed by atoms with Crippen molar-refractivity contribution in [3.8, 4) is 11.4 Å². The molecule has 0 saturated heterocycles. The van der Waals surface area contributed by atoms with E-state index in [9.17, 15) is 13.2 Å². The van der Waals surface area contributed by atoms with Crippen molar-refractivity contribution in [1.82, 2.24) is 9.55 Å². The summed E-state index contributed by atoms with van der Waals surface area (Å²) in [6.45, 7) is 4.45. The van der Waals surface area contributed by atoms with Gasteiger partial charge >= 0.3 is 6.18 Å². The van der Waals surface area contributed by atoms with Crippen molar-refractivity contribution in [3.05, 3.63) is 41.7 Å². The van der Waals surface area contributed by atoms with E-state index in [1.54, 1.807) is 6.20 Å². The van der Waals surface area contributed by atoms with Gasteiger partial charge in [0.25, 0.3) is 0 Å². The molecule has 20 heavy (non-hydrogen) atoms. The summed E-state index contributed by atoms with van der Waals surface area (Å²) in [6, 6.07) is 4.82. The summed E-state index contributed by atoms with van der Waals surface area (Å²) in [5, 5.41) is 0. The zero-order chi connectivity index (χ0) is 14.9. The Kier molecular flexibility index (Phi) is 3.85. The molecule has 2 aromatic rings. The molecular formula is C14H16F3N3. The highest BCUT2D eigenvalue weighted by Gasteiger charge is 2.30. The molecule has 1 heterocycles. The minimum Gasteiger partial charge on any atom is -0.327 e. The molecule has 1 aromatic heterocycles. The van der Waals surface area contributed by atoms with Crippen molar-refractivity contribution < 1.29 is 13.2 Å². The number of imidazole rings is 1. The van der Waals surface area contributed by atoms with E-state index in [2.05, 4.69) is 4.98 Å². The highest BCUT2D eigenvalue weighted by molar-refractivity contribution is 5.57. The number of hydrogen-bond donors (Lipinski definition) is 1. The third kappa shape index (κ3) is 2.70. The molecule has 1 unspecified atom stereocenters. The summed E-state index contributed by atoms with van der Waals surface area (Å²) in [5.41, 5.74) is 6.70. The van der Waals surface area contributed by atoms with E-state index in [0.717, 1.165) is 17.8 Å². The van der Waals surface area contributed by atoms with Gasteiger partial charge in [-0.2, -0.15) is 13.2 Å². The number of alkyl halides is 3. The minimum atomic E-state index is -4.32. The largest absolute Gasteiger partial charge is 0.416 e. The molecule has 6 heteroatoms. The highest BCUT2D eigenvalue weighted by Crippen LogP contribution is 2.31. The normalized spacial score (nSPS) is 13.5. The maximum absolute atomic E-state index is 12.5. The first-order valence-electron chi connectivity index (χ1n) is 6.33. The van der Waals surface area contributed by atoms with Crippen molar-refractivity contribution >= 4 is 0 Å². The van der Waals surface area contributed by atoms with Gasteiger partial charge in [0, 0.05) is 18.2 Å². The van der Waals surface area contributed by atoms with Gasteiger partial charge in [-0.05, 0) is 26.0 Å². The summed E-state index contributed by atoms with van der Waals surface area (Å²) >= 11 is 0. The molecule has 2 N–H and O–H groups in total. The van der Waals surface area contributed by atoms with Crippen molar-refractivity contribution in [2.45, 2.75) is 32.6 Å². The Hall–Kier alpha value is -1.82. The average Bonchev–Trinajstić information content (AvgIpc) is 2.81.